The third kappa shape index (κ3) is 5.61. The number of aliphatic imine (C=N–C) groups is 1. The molecule has 3 heterocycles. The number of carbonyl (C=O) groups excluding carboxylic acids is 1. The number of hydrogen-bond donors (Lipinski definition) is 2. The highest BCUT2D eigenvalue weighted by atomic mass is 32.2. The van der Waals surface area contributed by atoms with Gasteiger partial charge in [0.15, 0.2) is 0 Å². The van der Waals surface area contributed by atoms with Crippen LogP contribution >= 0.6 is 0 Å². The quantitative estimate of drug-likeness (QED) is 0.256. The van der Waals surface area contributed by atoms with E-state index >= 15 is 0 Å². The zero-order chi connectivity index (χ0) is 27.3. The van der Waals surface area contributed by atoms with Crippen molar-refractivity contribution in [2.75, 3.05) is 24.6 Å². The van der Waals surface area contributed by atoms with E-state index in [-0.39, 0.29) is 53.3 Å². The SMILES string of the molecule is CCCN(CCC)c1ccc(/N=C2/C(COC=O)=Nn3c2nnc3-c2cc(S(=O)(=O)O)ccn2)c(CO)c1. The summed E-state index contributed by atoms with van der Waals surface area (Å²) >= 11 is 0. The predicted molar refractivity (Wildman–Crippen MR) is 139 cm³/mol. The summed E-state index contributed by atoms with van der Waals surface area (Å²) in [6.45, 7) is 5.79. The van der Waals surface area contributed by atoms with E-state index in [0.717, 1.165) is 43.8 Å². The topological polar surface area (TPSA) is 172 Å². The van der Waals surface area contributed by atoms with E-state index in [1.807, 2.05) is 12.1 Å². The molecule has 0 bridgehead atoms. The Morgan fingerprint density at radius 2 is 1.84 bits per heavy atom. The molecule has 0 unspecified atom stereocenters. The summed E-state index contributed by atoms with van der Waals surface area (Å²) in [5.41, 5.74) is 2.65. The van der Waals surface area contributed by atoms with Crippen molar-refractivity contribution in [2.45, 2.75) is 38.2 Å². The van der Waals surface area contributed by atoms with Gasteiger partial charge in [0.1, 0.15) is 23.7 Å². The molecule has 2 aromatic heterocycles. The summed E-state index contributed by atoms with van der Waals surface area (Å²) in [5.74, 6) is 0.293. The van der Waals surface area contributed by atoms with Gasteiger partial charge < -0.3 is 14.7 Å². The van der Waals surface area contributed by atoms with Crippen molar-refractivity contribution in [2.24, 2.45) is 10.1 Å². The van der Waals surface area contributed by atoms with Crippen LogP contribution in [-0.2, 0) is 26.3 Å². The Bertz CT molecular complexity index is 1490. The molecule has 14 heteroatoms. The first-order valence-electron chi connectivity index (χ1n) is 11.9. The molecule has 3 aromatic rings. The fourth-order valence-electron chi connectivity index (χ4n) is 4.03. The highest BCUT2D eigenvalue weighted by Crippen LogP contribution is 2.29. The molecule has 0 aliphatic carbocycles. The van der Waals surface area contributed by atoms with E-state index in [4.69, 9.17) is 9.73 Å². The Morgan fingerprint density at radius 1 is 1.11 bits per heavy atom. The maximum atomic E-state index is 11.6. The largest absolute Gasteiger partial charge is 0.461 e. The van der Waals surface area contributed by atoms with Crippen LogP contribution in [0.1, 0.15) is 38.1 Å². The van der Waals surface area contributed by atoms with Gasteiger partial charge in [-0.3, -0.25) is 14.3 Å². The van der Waals surface area contributed by atoms with Crippen LogP contribution < -0.4 is 4.90 Å². The third-order valence-electron chi connectivity index (χ3n) is 5.71. The molecule has 4 rings (SSSR count). The molecular weight excluding hydrogens is 514 g/mol. The van der Waals surface area contributed by atoms with Crippen LogP contribution in [0.2, 0.25) is 0 Å². The number of carbonyl (C=O) groups is 1. The molecule has 0 atom stereocenters. The van der Waals surface area contributed by atoms with Crippen LogP contribution in [0, 0.1) is 0 Å². The summed E-state index contributed by atoms with van der Waals surface area (Å²) < 4.78 is 38.8. The van der Waals surface area contributed by atoms with Crippen LogP contribution in [-0.4, -0.2) is 75.5 Å². The second-order valence-corrected chi connectivity index (χ2v) is 9.80. The van der Waals surface area contributed by atoms with Crippen molar-refractivity contribution in [1.82, 2.24) is 19.9 Å². The van der Waals surface area contributed by atoms with Crippen LogP contribution in [0.5, 0.6) is 0 Å². The summed E-state index contributed by atoms with van der Waals surface area (Å²) in [5, 5.41) is 22.8. The van der Waals surface area contributed by atoms with Crippen molar-refractivity contribution in [3.8, 4) is 11.5 Å². The predicted octanol–water partition coefficient (Wildman–Crippen LogP) is 2.22. The van der Waals surface area contributed by atoms with E-state index in [0.29, 0.717) is 11.3 Å². The number of aliphatic hydroxyl groups is 1. The van der Waals surface area contributed by atoms with Crippen molar-refractivity contribution in [1.29, 1.82) is 0 Å². The first-order chi connectivity index (χ1) is 18.3. The monoisotopic (exact) mass is 541 g/mol. The normalized spacial score (nSPS) is 13.9. The van der Waals surface area contributed by atoms with Gasteiger partial charge in [-0.1, -0.05) is 13.8 Å². The molecule has 38 heavy (non-hydrogen) atoms. The number of nitrogens with zero attached hydrogens (tertiary/aromatic N) is 7. The van der Waals surface area contributed by atoms with E-state index in [1.165, 1.54) is 10.9 Å². The molecule has 1 aliphatic rings. The molecule has 0 fully saturated rings. The number of aliphatic hydroxyl groups excluding tert-OH is 1. The number of rotatable bonds is 12. The van der Waals surface area contributed by atoms with E-state index in [2.05, 4.69) is 39.0 Å². The van der Waals surface area contributed by atoms with Gasteiger partial charge in [0.25, 0.3) is 16.6 Å². The number of aromatic nitrogens is 4. The lowest BCUT2D eigenvalue weighted by Gasteiger charge is -2.24. The lowest BCUT2D eigenvalue weighted by Crippen LogP contribution is -2.24. The minimum atomic E-state index is -4.47. The molecule has 0 amide bonds. The smallest absolute Gasteiger partial charge is 0.294 e. The zero-order valence-corrected chi connectivity index (χ0v) is 21.7. The van der Waals surface area contributed by atoms with Crippen LogP contribution in [0.4, 0.5) is 11.4 Å². The number of hydrogen-bond acceptors (Lipinski definition) is 11. The van der Waals surface area contributed by atoms with Gasteiger partial charge in [-0.15, -0.1) is 10.2 Å². The third-order valence-corrected chi connectivity index (χ3v) is 6.56. The summed E-state index contributed by atoms with van der Waals surface area (Å²) in [6.07, 6.45) is 3.17. The van der Waals surface area contributed by atoms with E-state index < -0.39 is 10.1 Å². The molecule has 1 aliphatic heterocycles. The number of fused-ring (bicyclic) bond motifs is 1. The van der Waals surface area contributed by atoms with Gasteiger partial charge in [0.2, 0.25) is 11.6 Å². The molecule has 0 radical (unpaired) electrons. The summed E-state index contributed by atoms with van der Waals surface area (Å²) in [4.78, 5) is 21.6. The van der Waals surface area contributed by atoms with Gasteiger partial charge >= 0.3 is 0 Å². The second-order valence-electron chi connectivity index (χ2n) is 8.38. The average molecular weight is 542 g/mol. The fraction of sp³-hybridized carbons (Fsp3) is 0.333. The van der Waals surface area contributed by atoms with Crippen molar-refractivity contribution in [3.05, 3.63) is 47.9 Å². The summed E-state index contributed by atoms with van der Waals surface area (Å²) in [7, 11) is -4.47. The van der Waals surface area contributed by atoms with Gasteiger partial charge in [-0.05, 0) is 43.2 Å². The van der Waals surface area contributed by atoms with Gasteiger partial charge in [-0.25, -0.2) is 4.99 Å². The first-order valence-corrected chi connectivity index (χ1v) is 13.3. The average Bonchev–Trinajstić information content (AvgIpc) is 3.46. The fourth-order valence-corrected chi connectivity index (χ4v) is 4.53. The van der Waals surface area contributed by atoms with Gasteiger partial charge in [0, 0.05) is 30.5 Å². The second kappa shape index (κ2) is 11.6. The Balaban J connectivity index is 1.78. The lowest BCUT2D eigenvalue weighted by atomic mass is 10.1. The van der Waals surface area contributed by atoms with E-state index in [1.54, 1.807) is 6.07 Å². The van der Waals surface area contributed by atoms with Crippen molar-refractivity contribution in [3.63, 3.8) is 0 Å². The van der Waals surface area contributed by atoms with Gasteiger partial charge in [-0.2, -0.15) is 18.2 Å². The molecule has 13 nitrogen and oxygen atoms in total. The Kier molecular flexibility index (Phi) is 8.24. The molecule has 200 valence electrons. The Morgan fingerprint density at radius 3 is 2.50 bits per heavy atom. The Labute approximate surface area is 219 Å². The minimum Gasteiger partial charge on any atom is -0.461 e. The van der Waals surface area contributed by atoms with Crippen LogP contribution in [0.15, 0.2) is 51.5 Å². The highest BCUT2D eigenvalue weighted by Gasteiger charge is 2.30. The van der Waals surface area contributed by atoms with Gasteiger partial charge in [0.05, 0.1) is 17.2 Å². The van der Waals surface area contributed by atoms with E-state index in [9.17, 15) is 22.9 Å². The summed E-state index contributed by atoms with van der Waals surface area (Å²) in [6, 6.07) is 7.89. The molecule has 0 spiro atoms. The number of ether oxygens (including phenoxy) is 1. The Hall–Kier alpha value is -4.01. The van der Waals surface area contributed by atoms with Crippen LogP contribution in [0.25, 0.3) is 11.5 Å². The maximum Gasteiger partial charge on any atom is 0.294 e. The molecule has 1 aromatic carbocycles. The molecule has 0 saturated carbocycles. The lowest BCUT2D eigenvalue weighted by molar-refractivity contribution is -0.127. The van der Waals surface area contributed by atoms with Crippen molar-refractivity contribution >= 4 is 39.4 Å². The minimum absolute atomic E-state index is 0.0896. The number of benzene rings is 1. The molecule has 0 saturated heterocycles. The van der Waals surface area contributed by atoms with Crippen molar-refractivity contribution < 1.29 is 27.6 Å². The standard InChI is InChI=1S/C24H27N7O6S/c1-3-9-30(10-4-2)17-5-6-19(16(11-17)13-32)26-22-21(14-37-15-33)29-31-23(27-28-24(22)31)20-12-18(7-8-25-20)38(34,35)36/h5-8,11-12,15,32H,3-4,9-10,13-14H2,1-2H3,(H,34,35,36)/b26-22-. The highest BCUT2D eigenvalue weighted by molar-refractivity contribution is 7.85. The zero-order valence-electron chi connectivity index (χ0n) is 20.9. The maximum absolute atomic E-state index is 11.6. The number of pyridine rings is 1. The molecule has 2 N–H and O–H groups in total. The molecular formula is C24H27N7O6S. The first kappa shape index (κ1) is 27.0. The number of anilines is 1. The van der Waals surface area contributed by atoms with Crippen LogP contribution in [0.3, 0.4) is 0 Å².